The Morgan fingerprint density at radius 2 is 0.911 bits per heavy atom. The van der Waals surface area contributed by atoms with E-state index in [1.54, 1.807) is 0 Å². The fourth-order valence-corrected chi connectivity index (χ4v) is 9.35. The van der Waals surface area contributed by atoms with E-state index in [0.717, 1.165) is 66.5 Å². The molecule has 0 radical (unpaired) electrons. The maximum absolute atomic E-state index is 15.2. The number of rotatable bonds is 5. The molecule has 0 spiro atoms. The normalized spacial score (nSPS) is 13.1. The molecule has 0 saturated carbocycles. The van der Waals surface area contributed by atoms with E-state index in [4.69, 9.17) is 4.98 Å². The van der Waals surface area contributed by atoms with Gasteiger partial charge in [0.2, 0.25) is 0 Å². The number of fused-ring (bicyclic) bond motifs is 2. The van der Waals surface area contributed by atoms with Crippen LogP contribution in [0.5, 0.6) is 0 Å². The van der Waals surface area contributed by atoms with Gasteiger partial charge in [0.15, 0.2) is 7.14 Å². The Bertz CT molecular complexity index is 2070. The van der Waals surface area contributed by atoms with Crippen LogP contribution in [0.1, 0.15) is 0 Å². The van der Waals surface area contributed by atoms with Gasteiger partial charge in [0, 0.05) is 21.5 Å². The first-order chi connectivity index (χ1) is 22.2. The van der Waals surface area contributed by atoms with E-state index in [1.807, 2.05) is 85.1 Å². The quantitative estimate of drug-likeness (QED) is 0.186. The molecule has 6 aromatic carbocycles. The van der Waals surface area contributed by atoms with Gasteiger partial charge in [-0.3, -0.25) is 4.98 Å². The summed E-state index contributed by atoms with van der Waals surface area (Å²) in [5.41, 5.74) is 9.31. The fraction of sp³-hybridized carbons (Fsp3) is 0. The van der Waals surface area contributed by atoms with Crippen molar-refractivity contribution in [1.29, 1.82) is 0 Å². The van der Waals surface area contributed by atoms with Crippen molar-refractivity contribution in [1.82, 2.24) is 4.98 Å². The Balaban J connectivity index is 1.25. The second-order valence-corrected chi connectivity index (χ2v) is 13.9. The number of para-hydroxylation sites is 2. The van der Waals surface area contributed by atoms with Gasteiger partial charge in [-0.2, -0.15) is 0 Å². The number of pyridine rings is 1. The van der Waals surface area contributed by atoms with E-state index in [-0.39, 0.29) is 0 Å². The summed E-state index contributed by atoms with van der Waals surface area (Å²) in [7, 11) is -3.09. The number of anilines is 3. The topological polar surface area (TPSA) is 33.2 Å². The number of nitrogens with zero attached hydrogens (tertiary/aromatic N) is 2. The lowest BCUT2D eigenvalue weighted by Crippen LogP contribution is -2.36. The van der Waals surface area contributed by atoms with Crippen LogP contribution in [-0.4, -0.2) is 4.98 Å². The second kappa shape index (κ2) is 11.2. The molecule has 7 aromatic rings. The molecule has 214 valence electrons. The van der Waals surface area contributed by atoms with E-state index in [0.29, 0.717) is 0 Å². The van der Waals surface area contributed by atoms with Crippen LogP contribution in [-0.2, 0) is 4.57 Å². The molecule has 0 N–H and O–H groups in total. The van der Waals surface area contributed by atoms with Gasteiger partial charge < -0.3 is 9.46 Å². The van der Waals surface area contributed by atoms with Gasteiger partial charge in [-0.05, 0) is 76.9 Å². The first-order valence-corrected chi connectivity index (χ1v) is 16.8. The zero-order valence-electron chi connectivity index (χ0n) is 24.5. The van der Waals surface area contributed by atoms with Crippen molar-refractivity contribution in [2.75, 3.05) is 4.90 Å². The molecular formula is C41H29N2OP. The molecule has 4 heteroatoms. The van der Waals surface area contributed by atoms with Crippen molar-refractivity contribution < 1.29 is 4.57 Å². The molecule has 0 aliphatic carbocycles. The van der Waals surface area contributed by atoms with Gasteiger partial charge >= 0.3 is 0 Å². The molecule has 45 heavy (non-hydrogen) atoms. The summed E-state index contributed by atoms with van der Waals surface area (Å²) in [6.07, 6.45) is 1.93. The average molecular weight is 597 g/mol. The van der Waals surface area contributed by atoms with Crippen LogP contribution in [0, 0.1) is 0 Å². The smallest absolute Gasteiger partial charge is 0.175 e. The molecule has 0 atom stereocenters. The van der Waals surface area contributed by atoms with Crippen LogP contribution in [0.4, 0.5) is 17.1 Å². The highest BCUT2D eigenvalue weighted by Crippen LogP contribution is 2.53. The maximum Gasteiger partial charge on any atom is 0.175 e. The second-order valence-electron chi connectivity index (χ2n) is 11.2. The Kier molecular flexibility index (Phi) is 6.74. The Morgan fingerprint density at radius 3 is 1.42 bits per heavy atom. The van der Waals surface area contributed by atoms with E-state index < -0.39 is 7.14 Å². The molecule has 1 aliphatic rings. The van der Waals surface area contributed by atoms with Crippen molar-refractivity contribution in [2.24, 2.45) is 0 Å². The summed E-state index contributed by atoms with van der Waals surface area (Å²) in [5.74, 6) is 0. The SMILES string of the molecule is O=P1(c2ccccc2)c2ccccc2N(c2ccc(-c3cc(-c4ccccc4)cc(-c4ccccc4)c3)nc2)c2ccccc21. The zero-order valence-corrected chi connectivity index (χ0v) is 25.4. The van der Waals surface area contributed by atoms with Crippen LogP contribution < -0.4 is 20.8 Å². The van der Waals surface area contributed by atoms with Crippen molar-refractivity contribution in [3.05, 3.63) is 176 Å². The third-order valence-electron chi connectivity index (χ3n) is 8.49. The van der Waals surface area contributed by atoms with Gasteiger partial charge in [0.05, 0.1) is 29.0 Å². The van der Waals surface area contributed by atoms with Crippen LogP contribution in [0.25, 0.3) is 33.5 Å². The molecule has 2 heterocycles. The maximum atomic E-state index is 15.2. The Morgan fingerprint density at radius 1 is 0.444 bits per heavy atom. The van der Waals surface area contributed by atoms with Gasteiger partial charge in [-0.25, -0.2) is 0 Å². The molecule has 0 amide bonds. The minimum atomic E-state index is -3.09. The summed E-state index contributed by atoms with van der Waals surface area (Å²) in [6, 6.07) is 57.8. The Labute approximate surface area is 263 Å². The molecule has 0 unspecified atom stereocenters. The van der Waals surface area contributed by atoms with Gasteiger partial charge in [0.25, 0.3) is 0 Å². The third-order valence-corrected chi connectivity index (χ3v) is 11.6. The van der Waals surface area contributed by atoms with E-state index in [1.165, 1.54) is 0 Å². The van der Waals surface area contributed by atoms with Gasteiger partial charge in [-0.15, -0.1) is 0 Å². The summed E-state index contributed by atoms with van der Waals surface area (Å²) >= 11 is 0. The lowest BCUT2D eigenvalue weighted by Gasteiger charge is -2.37. The molecule has 0 bridgehead atoms. The summed E-state index contributed by atoms with van der Waals surface area (Å²) in [4.78, 5) is 7.21. The monoisotopic (exact) mass is 596 g/mol. The summed E-state index contributed by atoms with van der Waals surface area (Å²) in [6.45, 7) is 0. The number of hydrogen-bond donors (Lipinski definition) is 0. The van der Waals surface area contributed by atoms with Gasteiger partial charge in [-0.1, -0.05) is 115 Å². The van der Waals surface area contributed by atoms with Crippen LogP contribution >= 0.6 is 7.14 Å². The van der Waals surface area contributed by atoms with E-state index in [9.17, 15) is 0 Å². The Hall–Kier alpha value is -5.50. The number of aromatic nitrogens is 1. The van der Waals surface area contributed by atoms with Crippen molar-refractivity contribution in [2.45, 2.75) is 0 Å². The van der Waals surface area contributed by atoms with Gasteiger partial charge in [0.1, 0.15) is 0 Å². The average Bonchev–Trinajstić information content (AvgIpc) is 3.13. The molecule has 1 aliphatic heterocycles. The summed E-state index contributed by atoms with van der Waals surface area (Å²) < 4.78 is 15.2. The standard InChI is InChI=1S/C41H29N2OP/c44-45(36-18-8-3-9-19-36)40-22-12-10-20-38(40)43(39-21-11-13-23-41(39)45)35-24-25-37(42-29-35)34-27-32(30-14-4-1-5-15-30)26-33(28-34)31-16-6-2-7-17-31/h1-29H. The molecule has 1 aromatic heterocycles. The minimum Gasteiger partial charge on any atom is -0.308 e. The number of hydrogen-bond acceptors (Lipinski definition) is 3. The first kappa shape index (κ1) is 27.1. The zero-order chi connectivity index (χ0) is 30.2. The highest BCUT2D eigenvalue weighted by Gasteiger charge is 2.40. The fourth-order valence-electron chi connectivity index (χ4n) is 6.35. The van der Waals surface area contributed by atoms with Crippen LogP contribution in [0.2, 0.25) is 0 Å². The van der Waals surface area contributed by atoms with Crippen LogP contribution in [0.3, 0.4) is 0 Å². The number of benzene rings is 6. The molecule has 0 fully saturated rings. The van der Waals surface area contributed by atoms with Crippen molar-refractivity contribution >= 4 is 40.1 Å². The predicted molar refractivity (Wildman–Crippen MR) is 188 cm³/mol. The van der Waals surface area contributed by atoms with Crippen molar-refractivity contribution in [3.8, 4) is 33.5 Å². The summed E-state index contributed by atoms with van der Waals surface area (Å²) in [5, 5.41) is 2.51. The molecule has 8 rings (SSSR count). The lowest BCUT2D eigenvalue weighted by molar-refractivity contribution is 0.592. The largest absolute Gasteiger partial charge is 0.308 e. The van der Waals surface area contributed by atoms with Crippen LogP contribution in [0.15, 0.2) is 176 Å². The highest BCUT2D eigenvalue weighted by atomic mass is 31.2. The predicted octanol–water partition coefficient (Wildman–Crippen LogP) is 9.51. The molecular weight excluding hydrogens is 567 g/mol. The lowest BCUT2D eigenvalue weighted by atomic mass is 9.95. The third kappa shape index (κ3) is 4.70. The molecule has 0 saturated heterocycles. The highest BCUT2D eigenvalue weighted by molar-refractivity contribution is 7.86. The molecule has 3 nitrogen and oxygen atoms in total. The van der Waals surface area contributed by atoms with E-state index >= 15 is 4.57 Å². The first-order valence-electron chi connectivity index (χ1n) is 15.1. The minimum absolute atomic E-state index is 0.835. The van der Waals surface area contributed by atoms with Crippen molar-refractivity contribution in [3.63, 3.8) is 0 Å². The van der Waals surface area contributed by atoms with E-state index in [2.05, 4.69) is 95.9 Å².